The third-order valence-corrected chi connectivity index (χ3v) is 4.85. The van der Waals surface area contributed by atoms with Crippen LogP contribution in [-0.2, 0) is 16.0 Å². The fourth-order valence-corrected chi connectivity index (χ4v) is 3.46. The number of carbonyl (C=O) groups excluding carboxylic acids is 1. The van der Waals surface area contributed by atoms with Crippen LogP contribution < -0.4 is 5.32 Å². The lowest BCUT2D eigenvalue weighted by Gasteiger charge is -2.10. The summed E-state index contributed by atoms with van der Waals surface area (Å²) in [5.74, 6) is -0.143. The molecular weight excluding hydrogens is 320 g/mol. The van der Waals surface area contributed by atoms with Crippen molar-refractivity contribution in [3.63, 3.8) is 0 Å². The van der Waals surface area contributed by atoms with Crippen molar-refractivity contribution in [2.24, 2.45) is 0 Å². The molecule has 0 aromatic carbocycles. The van der Waals surface area contributed by atoms with Crippen LogP contribution in [0, 0.1) is 0 Å². The highest BCUT2D eigenvalue weighted by molar-refractivity contribution is 7.09. The molecule has 0 saturated heterocycles. The molecule has 0 radical (unpaired) electrons. The zero-order valence-electron chi connectivity index (χ0n) is 12.6. The molecule has 0 aliphatic carbocycles. The molecule has 1 amide bonds. The third kappa shape index (κ3) is 4.88. The van der Waals surface area contributed by atoms with Crippen LogP contribution >= 0.6 is 22.7 Å². The first-order valence-corrected chi connectivity index (χ1v) is 8.95. The largest absolute Gasteiger partial charge is 0.387 e. The van der Waals surface area contributed by atoms with E-state index < -0.39 is 6.10 Å². The molecule has 2 unspecified atom stereocenters. The monoisotopic (exact) mass is 340 g/mol. The Labute approximate surface area is 138 Å². The Kier molecular flexibility index (Phi) is 6.50. The van der Waals surface area contributed by atoms with Crippen molar-refractivity contribution < 1.29 is 14.6 Å². The van der Waals surface area contributed by atoms with Crippen molar-refractivity contribution in [1.29, 1.82) is 0 Å². The molecule has 0 aliphatic heterocycles. The number of aliphatic hydroxyl groups excluding tert-OH is 1. The summed E-state index contributed by atoms with van der Waals surface area (Å²) in [5, 5.41) is 19.2. The summed E-state index contributed by atoms with van der Waals surface area (Å²) in [6, 6.07) is 1.85. The van der Waals surface area contributed by atoms with Crippen LogP contribution in [0.2, 0.25) is 0 Å². The maximum Gasteiger partial charge on any atom is 0.226 e. The standard InChI is InChI=1S/C15H20N2O3S2/c1-3-20-10(2)15-17-12(9-22-15)6-14(19)16-7-13(18)11-4-5-21-8-11/h4-5,8-10,13,18H,3,6-7H2,1-2H3,(H,16,19). The maximum absolute atomic E-state index is 11.9. The van der Waals surface area contributed by atoms with E-state index >= 15 is 0 Å². The average Bonchev–Trinajstić information content (AvgIpc) is 3.16. The second-order valence-corrected chi connectivity index (χ2v) is 6.50. The van der Waals surface area contributed by atoms with Crippen LogP contribution in [0.5, 0.6) is 0 Å². The number of ether oxygens (including phenoxy) is 1. The molecule has 2 heterocycles. The minimum atomic E-state index is -0.667. The van der Waals surface area contributed by atoms with E-state index in [1.807, 2.05) is 36.1 Å². The number of nitrogens with zero attached hydrogens (tertiary/aromatic N) is 1. The van der Waals surface area contributed by atoms with Gasteiger partial charge in [-0.25, -0.2) is 4.98 Å². The Morgan fingerprint density at radius 3 is 3.00 bits per heavy atom. The zero-order chi connectivity index (χ0) is 15.9. The average molecular weight is 340 g/mol. The summed E-state index contributed by atoms with van der Waals surface area (Å²) in [5.41, 5.74) is 1.56. The van der Waals surface area contributed by atoms with Gasteiger partial charge < -0.3 is 15.2 Å². The Bertz CT molecular complexity index is 583. The second-order valence-electron chi connectivity index (χ2n) is 4.83. The topological polar surface area (TPSA) is 71.5 Å². The predicted molar refractivity (Wildman–Crippen MR) is 88.1 cm³/mol. The van der Waals surface area contributed by atoms with Crippen molar-refractivity contribution in [2.45, 2.75) is 32.5 Å². The van der Waals surface area contributed by atoms with Gasteiger partial charge in [0.05, 0.1) is 18.2 Å². The van der Waals surface area contributed by atoms with Gasteiger partial charge in [0.15, 0.2) is 0 Å². The van der Waals surface area contributed by atoms with Crippen LogP contribution in [0.25, 0.3) is 0 Å². The third-order valence-electron chi connectivity index (χ3n) is 3.10. The molecule has 0 fully saturated rings. The van der Waals surface area contributed by atoms with Gasteiger partial charge in [-0.3, -0.25) is 4.79 Å². The summed E-state index contributed by atoms with van der Waals surface area (Å²) in [7, 11) is 0. The van der Waals surface area contributed by atoms with Crippen LogP contribution in [0.4, 0.5) is 0 Å². The summed E-state index contributed by atoms with van der Waals surface area (Å²) in [6.45, 7) is 4.74. The summed E-state index contributed by atoms with van der Waals surface area (Å²) in [6.07, 6.45) is -0.502. The molecule has 120 valence electrons. The fourth-order valence-electron chi connectivity index (χ4n) is 1.93. The number of nitrogens with one attached hydrogen (secondary N) is 1. The number of amides is 1. The molecule has 0 aliphatic rings. The number of hydrogen-bond donors (Lipinski definition) is 2. The smallest absolute Gasteiger partial charge is 0.226 e. The van der Waals surface area contributed by atoms with E-state index in [0.29, 0.717) is 6.61 Å². The SMILES string of the molecule is CCOC(C)c1nc(CC(=O)NCC(O)c2ccsc2)cs1. The van der Waals surface area contributed by atoms with Gasteiger partial charge in [-0.15, -0.1) is 11.3 Å². The van der Waals surface area contributed by atoms with Crippen molar-refractivity contribution in [3.8, 4) is 0 Å². The number of rotatable bonds is 8. The Morgan fingerprint density at radius 2 is 2.32 bits per heavy atom. The highest BCUT2D eigenvalue weighted by Gasteiger charge is 2.14. The molecule has 0 spiro atoms. The summed E-state index contributed by atoms with van der Waals surface area (Å²) in [4.78, 5) is 16.3. The van der Waals surface area contributed by atoms with E-state index in [-0.39, 0.29) is 25.0 Å². The molecule has 5 nitrogen and oxygen atoms in total. The number of carbonyl (C=O) groups is 1. The molecule has 0 saturated carbocycles. The van der Waals surface area contributed by atoms with E-state index in [4.69, 9.17) is 4.74 Å². The van der Waals surface area contributed by atoms with Crippen LogP contribution in [0.3, 0.4) is 0 Å². The number of thiophene rings is 1. The van der Waals surface area contributed by atoms with Crippen LogP contribution in [0.1, 0.15) is 42.3 Å². The fraction of sp³-hybridized carbons (Fsp3) is 0.467. The van der Waals surface area contributed by atoms with Gasteiger partial charge in [0.2, 0.25) is 5.91 Å². The molecule has 0 bridgehead atoms. The number of aliphatic hydroxyl groups is 1. The van der Waals surface area contributed by atoms with Crippen LogP contribution in [-0.4, -0.2) is 29.1 Å². The lowest BCUT2D eigenvalue weighted by molar-refractivity contribution is -0.120. The minimum Gasteiger partial charge on any atom is -0.387 e. The van der Waals surface area contributed by atoms with E-state index in [1.165, 1.54) is 22.7 Å². The second kappa shape index (κ2) is 8.38. The molecular formula is C15H20N2O3S2. The van der Waals surface area contributed by atoms with Crippen LogP contribution in [0.15, 0.2) is 22.2 Å². The van der Waals surface area contributed by atoms with Crippen molar-refractivity contribution in [1.82, 2.24) is 10.3 Å². The van der Waals surface area contributed by atoms with Gasteiger partial charge in [0.1, 0.15) is 11.1 Å². The van der Waals surface area contributed by atoms with Gasteiger partial charge >= 0.3 is 0 Å². The number of thiazole rings is 1. The lowest BCUT2D eigenvalue weighted by atomic mass is 10.2. The molecule has 2 N–H and O–H groups in total. The number of hydrogen-bond acceptors (Lipinski definition) is 6. The Morgan fingerprint density at radius 1 is 1.50 bits per heavy atom. The van der Waals surface area contributed by atoms with E-state index in [0.717, 1.165) is 16.3 Å². The Balaban J connectivity index is 1.79. The van der Waals surface area contributed by atoms with Gasteiger partial charge in [-0.2, -0.15) is 11.3 Å². The van der Waals surface area contributed by atoms with Crippen molar-refractivity contribution >= 4 is 28.6 Å². The first-order chi connectivity index (χ1) is 10.6. The summed E-state index contributed by atoms with van der Waals surface area (Å²) >= 11 is 3.02. The highest BCUT2D eigenvalue weighted by atomic mass is 32.1. The molecule has 2 aromatic heterocycles. The predicted octanol–water partition coefficient (Wildman–Crippen LogP) is 2.69. The maximum atomic E-state index is 11.9. The van der Waals surface area contributed by atoms with Crippen molar-refractivity contribution in [3.05, 3.63) is 38.5 Å². The number of aromatic nitrogens is 1. The normalized spacial score (nSPS) is 13.8. The Hall–Kier alpha value is -1.28. The van der Waals surface area contributed by atoms with E-state index in [1.54, 1.807) is 0 Å². The summed E-state index contributed by atoms with van der Waals surface area (Å²) < 4.78 is 5.48. The first-order valence-electron chi connectivity index (χ1n) is 7.13. The van der Waals surface area contributed by atoms with Crippen molar-refractivity contribution in [2.75, 3.05) is 13.2 Å². The minimum absolute atomic E-state index is 0.0489. The van der Waals surface area contributed by atoms with E-state index in [9.17, 15) is 9.90 Å². The molecule has 2 rings (SSSR count). The van der Waals surface area contributed by atoms with Gasteiger partial charge in [-0.05, 0) is 36.2 Å². The molecule has 2 atom stereocenters. The zero-order valence-corrected chi connectivity index (χ0v) is 14.2. The van der Waals surface area contributed by atoms with Gasteiger partial charge in [-0.1, -0.05) is 0 Å². The first kappa shape index (κ1) is 17.1. The molecule has 22 heavy (non-hydrogen) atoms. The highest BCUT2D eigenvalue weighted by Crippen LogP contribution is 2.21. The lowest BCUT2D eigenvalue weighted by Crippen LogP contribution is -2.29. The van der Waals surface area contributed by atoms with E-state index in [2.05, 4.69) is 10.3 Å². The van der Waals surface area contributed by atoms with Gasteiger partial charge in [0, 0.05) is 18.5 Å². The molecule has 2 aromatic rings. The molecule has 7 heteroatoms. The quantitative estimate of drug-likeness (QED) is 0.775. The van der Waals surface area contributed by atoms with Gasteiger partial charge in [0.25, 0.3) is 0 Å².